The van der Waals surface area contributed by atoms with E-state index in [0.29, 0.717) is 22.8 Å². The summed E-state index contributed by atoms with van der Waals surface area (Å²) in [5.41, 5.74) is 4.79. The number of hydrogen-bond acceptors (Lipinski definition) is 5. The van der Waals surface area contributed by atoms with Crippen LogP contribution in [0.15, 0.2) is 59.8 Å². The zero-order chi connectivity index (χ0) is 19.1. The third-order valence-corrected chi connectivity index (χ3v) is 5.11. The summed E-state index contributed by atoms with van der Waals surface area (Å²) in [7, 11) is 0. The fourth-order valence-electron chi connectivity index (χ4n) is 2.72. The molecule has 1 heterocycles. The van der Waals surface area contributed by atoms with Crippen molar-refractivity contribution < 1.29 is 4.84 Å². The molecule has 0 aliphatic carbocycles. The summed E-state index contributed by atoms with van der Waals surface area (Å²) in [5.74, 6) is 0. The summed E-state index contributed by atoms with van der Waals surface area (Å²) in [4.78, 5) is 6.44. The fourth-order valence-corrected chi connectivity index (χ4v) is 3.66. The Labute approximate surface area is 162 Å². The van der Waals surface area contributed by atoms with Crippen LogP contribution in [0.4, 0.5) is 0 Å². The molecule has 0 radical (unpaired) electrons. The van der Waals surface area contributed by atoms with Gasteiger partial charge in [0.25, 0.3) is 0 Å². The molecule has 2 aromatic carbocycles. The molecule has 0 unspecified atom stereocenters. The van der Waals surface area contributed by atoms with Gasteiger partial charge in [0.15, 0.2) is 0 Å². The Kier molecular flexibility index (Phi) is 5.99. The standard InChI is InChI=1S/C22H17N3OS/c1-16-7-9-17(10-8-16)15-26-25-12-11-19-20(13-23)27-21(14-24)22(19)18-5-3-2-4-6-18/h2-10,12H,11,15H2,1H3. The SMILES string of the molecule is Cc1ccc(CON=CCc2c(C#N)sc(C#N)c2-c2ccccc2)cc1. The second-order valence-electron chi connectivity index (χ2n) is 5.95. The average Bonchev–Trinajstić information content (AvgIpc) is 3.07. The average molecular weight is 371 g/mol. The molecule has 0 bridgehead atoms. The smallest absolute Gasteiger partial charge is 0.142 e. The van der Waals surface area contributed by atoms with Gasteiger partial charge in [-0.1, -0.05) is 65.3 Å². The number of rotatable bonds is 6. The van der Waals surface area contributed by atoms with Crippen molar-refractivity contribution >= 4 is 17.6 Å². The van der Waals surface area contributed by atoms with Crippen LogP contribution in [0.25, 0.3) is 11.1 Å². The first kappa shape index (κ1) is 18.4. The molecule has 4 nitrogen and oxygen atoms in total. The Hall–Kier alpha value is -3.41. The van der Waals surface area contributed by atoms with Gasteiger partial charge in [0.1, 0.15) is 28.5 Å². The van der Waals surface area contributed by atoms with Crippen molar-refractivity contribution in [3.05, 3.63) is 81.0 Å². The molecule has 0 atom stereocenters. The normalized spacial score (nSPS) is 10.5. The maximum absolute atomic E-state index is 9.46. The third-order valence-electron chi connectivity index (χ3n) is 4.07. The molecule has 3 aromatic rings. The fraction of sp³-hybridized carbons (Fsp3) is 0.136. The molecule has 27 heavy (non-hydrogen) atoms. The van der Waals surface area contributed by atoms with Crippen molar-refractivity contribution in [1.82, 2.24) is 0 Å². The van der Waals surface area contributed by atoms with Crippen LogP contribution in [0.3, 0.4) is 0 Å². The van der Waals surface area contributed by atoms with Crippen LogP contribution < -0.4 is 0 Å². The first-order valence-corrected chi connectivity index (χ1v) is 9.25. The molecule has 0 N–H and O–H groups in total. The topological polar surface area (TPSA) is 69.2 Å². The zero-order valence-electron chi connectivity index (χ0n) is 14.8. The highest BCUT2D eigenvalue weighted by Gasteiger charge is 2.18. The van der Waals surface area contributed by atoms with E-state index in [1.54, 1.807) is 6.21 Å². The van der Waals surface area contributed by atoms with E-state index >= 15 is 0 Å². The Bertz CT molecular complexity index is 1020. The van der Waals surface area contributed by atoms with E-state index in [1.807, 2.05) is 61.5 Å². The highest BCUT2D eigenvalue weighted by atomic mass is 32.1. The second kappa shape index (κ2) is 8.80. The Morgan fingerprint density at radius 3 is 2.37 bits per heavy atom. The summed E-state index contributed by atoms with van der Waals surface area (Å²) in [6, 6.07) is 22.1. The minimum Gasteiger partial charge on any atom is -0.391 e. The molecular weight excluding hydrogens is 354 g/mol. The Balaban J connectivity index is 1.76. The van der Waals surface area contributed by atoms with Crippen LogP contribution >= 0.6 is 11.3 Å². The summed E-state index contributed by atoms with van der Waals surface area (Å²) >= 11 is 1.22. The minimum atomic E-state index is 0.389. The highest BCUT2D eigenvalue weighted by Crippen LogP contribution is 2.36. The predicted molar refractivity (Wildman–Crippen MR) is 107 cm³/mol. The number of aryl methyl sites for hydroxylation is 1. The number of hydrogen-bond donors (Lipinski definition) is 0. The maximum Gasteiger partial charge on any atom is 0.142 e. The lowest BCUT2D eigenvalue weighted by molar-refractivity contribution is 0.131. The lowest BCUT2D eigenvalue weighted by Gasteiger charge is -2.04. The first-order valence-electron chi connectivity index (χ1n) is 8.43. The summed E-state index contributed by atoms with van der Waals surface area (Å²) in [5, 5.41) is 22.9. The molecule has 0 saturated heterocycles. The molecule has 5 heteroatoms. The minimum absolute atomic E-state index is 0.389. The van der Waals surface area contributed by atoms with E-state index in [-0.39, 0.29) is 0 Å². The lowest BCUT2D eigenvalue weighted by atomic mass is 9.99. The van der Waals surface area contributed by atoms with E-state index in [1.165, 1.54) is 16.9 Å². The van der Waals surface area contributed by atoms with Gasteiger partial charge in [0.2, 0.25) is 0 Å². The van der Waals surface area contributed by atoms with Gasteiger partial charge in [-0.25, -0.2) is 0 Å². The molecule has 0 amide bonds. The van der Waals surface area contributed by atoms with Crippen LogP contribution in [-0.4, -0.2) is 6.21 Å². The van der Waals surface area contributed by atoms with Crippen molar-refractivity contribution in [2.45, 2.75) is 20.0 Å². The summed E-state index contributed by atoms with van der Waals surface area (Å²) in [6.45, 7) is 2.43. The largest absolute Gasteiger partial charge is 0.391 e. The van der Waals surface area contributed by atoms with Gasteiger partial charge in [-0.2, -0.15) is 10.5 Å². The van der Waals surface area contributed by atoms with Crippen LogP contribution in [0, 0.1) is 29.6 Å². The third kappa shape index (κ3) is 4.41. The monoisotopic (exact) mass is 371 g/mol. The van der Waals surface area contributed by atoms with Crippen molar-refractivity contribution in [3.63, 3.8) is 0 Å². The van der Waals surface area contributed by atoms with E-state index in [9.17, 15) is 10.5 Å². The molecule has 0 aliphatic rings. The van der Waals surface area contributed by atoms with Crippen LogP contribution in [0.2, 0.25) is 0 Å². The summed E-state index contributed by atoms with van der Waals surface area (Å²) in [6.07, 6.45) is 2.07. The number of oxime groups is 1. The number of nitriles is 2. The van der Waals surface area contributed by atoms with E-state index in [2.05, 4.69) is 17.3 Å². The molecule has 0 saturated carbocycles. The molecule has 0 fully saturated rings. The Morgan fingerprint density at radius 1 is 1.00 bits per heavy atom. The lowest BCUT2D eigenvalue weighted by Crippen LogP contribution is -1.93. The van der Waals surface area contributed by atoms with Gasteiger partial charge in [0.05, 0.1) is 0 Å². The maximum atomic E-state index is 9.46. The van der Waals surface area contributed by atoms with Crippen LogP contribution in [0.1, 0.15) is 26.4 Å². The van der Waals surface area contributed by atoms with Crippen molar-refractivity contribution in [2.75, 3.05) is 0 Å². The van der Waals surface area contributed by atoms with Gasteiger partial charge in [-0.15, -0.1) is 11.3 Å². The van der Waals surface area contributed by atoms with Gasteiger partial charge in [-0.05, 0) is 23.6 Å². The number of nitrogens with zero attached hydrogens (tertiary/aromatic N) is 3. The van der Waals surface area contributed by atoms with Crippen LogP contribution in [-0.2, 0) is 17.9 Å². The van der Waals surface area contributed by atoms with Gasteiger partial charge < -0.3 is 4.84 Å². The molecule has 1 aromatic heterocycles. The van der Waals surface area contributed by atoms with Crippen LogP contribution in [0.5, 0.6) is 0 Å². The van der Waals surface area contributed by atoms with Crippen molar-refractivity contribution in [3.8, 4) is 23.3 Å². The Morgan fingerprint density at radius 2 is 1.70 bits per heavy atom. The van der Waals surface area contributed by atoms with Crippen molar-refractivity contribution in [1.29, 1.82) is 10.5 Å². The van der Waals surface area contributed by atoms with Gasteiger partial charge >= 0.3 is 0 Å². The quantitative estimate of drug-likeness (QED) is 0.441. The second-order valence-corrected chi connectivity index (χ2v) is 6.98. The molecule has 132 valence electrons. The number of thiophene rings is 1. The predicted octanol–water partition coefficient (Wildman–Crippen LogP) is 5.21. The van der Waals surface area contributed by atoms with E-state index < -0.39 is 0 Å². The summed E-state index contributed by atoms with van der Waals surface area (Å²) < 4.78 is 0. The van der Waals surface area contributed by atoms with Crippen molar-refractivity contribution in [2.24, 2.45) is 5.16 Å². The number of benzene rings is 2. The van der Waals surface area contributed by atoms with E-state index in [0.717, 1.165) is 22.3 Å². The highest BCUT2D eigenvalue weighted by molar-refractivity contribution is 7.13. The first-order chi connectivity index (χ1) is 13.2. The zero-order valence-corrected chi connectivity index (χ0v) is 15.7. The molecule has 0 aliphatic heterocycles. The van der Waals surface area contributed by atoms with Gasteiger partial charge in [0, 0.05) is 18.2 Å². The van der Waals surface area contributed by atoms with Gasteiger partial charge in [-0.3, -0.25) is 0 Å². The molecular formula is C22H17N3OS. The molecule has 3 rings (SSSR count). The molecule has 0 spiro atoms. The van der Waals surface area contributed by atoms with E-state index in [4.69, 9.17) is 4.84 Å².